The van der Waals surface area contributed by atoms with Gasteiger partial charge in [0, 0.05) is 23.9 Å². The molecule has 0 bridgehead atoms. The van der Waals surface area contributed by atoms with Crippen LogP contribution in [0.2, 0.25) is 0 Å². The highest BCUT2D eigenvalue weighted by Gasteiger charge is 2.04. The first-order valence-corrected chi connectivity index (χ1v) is 6.22. The number of nitrogens with zero attached hydrogens (tertiary/aromatic N) is 2. The van der Waals surface area contributed by atoms with Crippen molar-refractivity contribution in [3.05, 3.63) is 69.9 Å². The van der Waals surface area contributed by atoms with Crippen molar-refractivity contribution in [3.8, 4) is 0 Å². The number of nitro groups is 1. The number of nitrogens with one attached hydrogen (secondary N) is 1. The summed E-state index contributed by atoms with van der Waals surface area (Å²) >= 11 is 0. The molecule has 2 aromatic rings. The Kier molecular flexibility index (Phi) is 4.40. The Morgan fingerprint density at radius 1 is 1.29 bits per heavy atom. The first-order chi connectivity index (χ1) is 10.0. The summed E-state index contributed by atoms with van der Waals surface area (Å²) in [5.41, 5.74) is 1.37. The predicted molar refractivity (Wildman–Crippen MR) is 79.7 cm³/mol. The van der Waals surface area contributed by atoms with Crippen molar-refractivity contribution in [2.24, 2.45) is 0 Å². The Bertz CT molecular complexity index is 711. The van der Waals surface area contributed by atoms with Crippen LogP contribution < -0.4 is 5.32 Å². The Labute approximate surface area is 121 Å². The number of pyridine rings is 1. The van der Waals surface area contributed by atoms with Crippen LogP contribution in [0, 0.1) is 17.0 Å². The summed E-state index contributed by atoms with van der Waals surface area (Å²) in [6, 6.07) is 11.4. The summed E-state index contributed by atoms with van der Waals surface area (Å²) in [7, 11) is 0. The van der Waals surface area contributed by atoms with E-state index in [2.05, 4.69) is 10.3 Å². The molecule has 0 aliphatic heterocycles. The van der Waals surface area contributed by atoms with Gasteiger partial charge in [0.05, 0.1) is 4.92 Å². The lowest BCUT2D eigenvalue weighted by Crippen LogP contribution is -2.09. The fourth-order valence-corrected chi connectivity index (χ4v) is 1.69. The molecule has 1 aromatic carbocycles. The fraction of sp³-hybridized carbons (Fsp3) is 0.0667. The molecule has 21 heavy (non-hydrogen) atoms. The van der Waals surface area contributed by atoms with Gasteiger partial charge in [-0.3, -0.25) is 14.9 Å². The number of aryl methyl sites for hydroxylation is 1. The number of rotatable bonds is 4. The molecular formula is C15H13N3O3. The highest BCUT2D eigenvalue weighted by Crippen LogP contribution is 2.14. The second-order valence-corrected chi connectivity index (χ2v) is 4.34. The van der Waals surface area contributed by atoms with Gasteiger partial charge in [-0.15, -0.1) is 0 Å². The lowest BCUT2D eigenvalue weighted by atomic mass is 10.2. The maximum Gasteiger partial charge on any atom is 0.270 e. The topological polar surface area (TPSA) is 85.1 Å². The van der Waals surface area contributed by atoms with Gasteiger partial charge in [-0.25, -0.2) is 4.98 Å². The second kappa shape index (κ2) is 6.42. The minimum absolute atomic E-state index is 0.0158. The smallest absolute Gasteiger partial charge is 0.270 e. The molecule has 0 unspecified atom stereocenters. The largest absolute Gasteiger partial charge is 0.307 e. The van der Waals surface area contributed by atoms with E-state index < -0.39 is 4.92 Å². The van der Waals surface area contributed by atoms with Crippen LogP contribution in [0.1, 0.15) is 11.3 Å². The first-order valence-electron chi connectivity index (χ1n) is 6.22. The van der Waals surface area contributed by atoms with Crippen LogP contribution in [-0.4, -0.2) is 15.8 Å². The molecule has 1 heterocycles. The number of aromatic nitrogens is 1. The minimum Gasteiger partial charge on any atom is -0.307 e. The number of hydrogen-bond donors (Lipinski definition) is 1. The fourth-order valence-electron chi connectivity index (χ4n) is 1.69. The summed E-state index contributed by atoms with van der Waals surface area (Å²) in [6.07, 6.45) is 2.82. The average Bonchev–Trinajstić information content (AvgIpc) is 2.45. The van der Waals surface area contributed by atoms with E-state index in [1.807, 2.05) is 13.0 Å². The maximum atomic E-state index is 11.7. The van der Waals surface area contributed by atoms with Crippen LogP contribution in [0.5, 0.6) is 0 Å². The Morgan fingerprint density at radius 2 is 2.05 bits per heavy atom. The number of anilines is 1. The van der Waals surface area contributed by atoms with Crippen molar-refractivity contribution < 1.29 is 9.72 Å². The monoisotopic (exact) mass is 283 g/mol. The summed E-state index contributed by atoms with van der Waals surface area (Å²) in [4.78, 5) is 26.1. The molecule has 6 nitrogen and oxygen atoms in total. The minimum atomic E-state index is -0.478. The molecule has 0 saturated heterocycles. The number of carbonyl (C=O) groups is 1. The summed E-state index contributed by atoms with van der Waals surface area (Å²) in [6.45, 7) is 1.83. The molecule has 0 atom stereocenters. The molecule has 1 aromatic heterocycles. The van der Waals surface area contributed by atoms with Gasteiger partial charge in [0.1, 0.15) is 5.82 Å². The van der Waals surface area contributed by atoms with Gasteiger partial charge in [-0.05, 0) is 30.7 Å². The maximum absolute atomic E-state index is 11.7. The molecule has 0 fully saturated rings. The second-order valence-electron chi connectivity index (χ2n) is 4.34. The lowest BCUT2D eigenvalue weighted by Gasteiger charge is -2.01. The van der Waals surface area contributed by atoms with Gasteiger partial charge in [-0.2, -0.15) is 0 Å². The van der Waals surface area contributed by atoms with Crippen LogP contribution in [-0.2, 0) is 4.79 Å². The molecule has 2 rings (SSSR count). The zero-order chi connectivity index (χ0) is 15.2. The summed E-state index contributed by atoms with van der Waals surface area (Å²) < 4.78 is 0. The average molecular weight is 283 g/mol. The van der Waals surface area contributed by atoms with E-state index in [0.717, 1.165) is 5.69 Å². The van der Waals surface area contributed by atoms with E-state index in [1.54, 1.807) is 24.3 Å². The number of amides is 1. The number of benzene rings is 1. The summed E-state index contributed by atoms with van der Waals surface area (Å²) in [5.74, 6) is 0.114. The zero-order valence-corrected chi connectivity index (χ0v) is 11.3. The normalized spacial score (nSPS) is 10.5. The Balaban J connectivity index is 2.05. The SMILES string of the molecule is Cc1cccc(NC(=O)C=Cc2cccc([N+](=O)[O-])c2)n1. The zero-order valence-electron chi connectivity index (χ0n) is 11.3. The number of non-ortho nitro benzene ring substituents is 1. The van der Waals surface area contributed by atoms with E-state index in [0.29, 0.717) is 11.4 Å². The van der Waals surface area contributed by atoms with Crippen LogP contribution >= 0.6 is 0 Å². The third kappa shape index (κ3) is 4.24. The Hall–Kier alpha value is -3.02. The van der Waals surface area contributed by atoms with Gasteiger partial charge in [-0.1, -0.05) is 18.2 Å². The highest BCUT2D eigenvalue weighted by molar-refractivity contribution is 6.01. The molecule has 1 N–H and O–H groups in total. The predicted octanol–water partition coefficient (Wildman–Crippen LogP) is 2.95. The van der Waals surface area contributed by atoms with Gasteiger partial charge in [0.15, 0.2) is 0 Å². The standard InChI is InChI=1S/C15H13N3O3/c1-11-4-2-7-14(16-11)17-15(19)9-8-12-5-3-6-13(10-12)18(20)21/h2-10H,1H3,(H,16,17,19). The van der Waals surface area contributed by atoms with E-state index in [4.69, 9.17) is 0 Å². The van der Waals surface area contributed by atoms with Crippen molar-refractivity contribution in [1.29, 1.82) is 0 Å². The molecular weight excluding hydrogens is 270 g/mol. The van der Waals surface area contributed by atoms with Crippen LogP contribution in [0.25, 0.3) is 6.08 Å². The first kappa shape index (κ1) is 14.4. The highest BCUT2D eigenvalue weighted by atomic mass is 16.6. The van der Waals surface area contributed by atoms with E-state index >= 15 is 0 Å². The molecule has 6 heteroatoms. The van der Waals surface area contributed by atoms with Gasteiger partial charge < -0.3 is 5.32 Å². The third-order valence-corrected chi connectivity index (χ3v) is 2.65. The van der Waals surface area contributed by atoms with Crippen molar-refractivity contribution in [3.63, 3.8) is 0 Å². The molecule has 0 aliphatic rings. The van der Waals surface area contributed by atoms with Gasteiger partial charge in [0.2, 0.25) is 5.91 Å². The van der Waals surface area contributed by atoms with E-state index in [-0.39, 0.29) is 11.6 Å². The van der Waals surface area contributed by atoms with Gasteiger partial charge in [0.25, 0.3) is 5.69 Å². The third-order valence-electron chi connectivity index (χ3n) is 2.65. The van der Waals surface area contributed by atoms with E-state index in [1.165, 1.54) is 24.3 Å². The van der Waals surface area contributed by atoms with Crippen LogP contribution in [0.15, 0.2) is 48.5 Å². The summed E-state index contributed by atoms with van der Waals surface area (Å²) in [5, 5.41) is 13.3. The van der Waals surface area contributed by atoms with Crippen molar-refractivity contribution >= 4 is 23.5 Å². The molecule has 0 radical (unpaired) electrons. The molecule has 0 spiro atoms. The molecule has 106 valence electrons. The molecule has 1 amide bonds. The molecule has 0 saturated carbocycles. The van der Waals surface area contributed by atoms with Crippen molar-refractivity contribution in [2.75, 3.05) is 5.32 Å². The van der Waals surface area contributed by atoms with E-state index in [9.17, 15) is 14.9 Å². The quantitative estimate of drug-likeness (QED) is 0.531. The number of carbonyl (C=O) groups excluding carboxylic acids is 1. The van der Waals surface area contributed by atoms with Crippen LogP contribution in [0.3, 0.4) is 0 Å². The van der Waals surface area contributed by atoms with Crippen molar-refractivity contribution in [2.45, 2.75) is 6.92 Å². The van der Waals surface area contributed by atoms with Crippen LogP contribution in [0.4, 0.5) is 11.5 Å². The molecule has 0 aliphatic carbocycles. The number of hydrogen-bond acceptors (Lipinski definition) is 4. The van der Waals surface area contributed by atoms with Crippen molar-refractivity contribution in [1.82, 2.24) is 4.98 Å². The van der Waals surface area contributed by atoms with Gasteiger partial charge >= 0.3 is 0 Å². The lowest BCUT2D eigenvalue weighted by molar-refractivity contribution is -0.384. The Morgan fingerprint density at radius 3 is 2.76 bits per heavy atom. The number of nitro benzene ring substituents is 1.